The van der Waals surface area contributed by atoms with Crippen molar-refractivity contribution in [3.05, 3.63) is 0 Å². The van der Waals surface area contributed by atoms with Gasteiger partial charge in [0, 0.05) is 6.21 Å². The largest absolute Gasteiger partial charge is 0.279 e. The molecule has 2 atom stereocenters. The summed E-state index contributed by atoms with van der Waals surface area (Å²) in [6, 6.07) is 2.00. The van der Waals surface area contributed by atoms with Crippen molar-refractivity contribution >= 4 is 15.6 Å². The van der Waals surface area contributed by atoms with Gasteiger partial charge < -0.3 is 0 Å². The molecule has 0 aromatic carbocycles. The quantitative estimate of drug-likeness (QED) is 0.370. The highest BCUT2D eigenvalue weighted by Crippen LogP contribution is 1.87. The van der Waals surface area contributed by atoms with Gasteiger partial charge in [-0.05, 0) is 16.3 Å². The number of hydrogen-bond acceptors (Lipinski definition) is 2. The monoisotopic (exact) mass is 114 g/mol. The topological polar surface area (TPSA) is 36.1 Å². The average Bonchev–Trinajstić information content (AvgIpc) is 1.68. The number of hydrogen-bond donors (Lipinski definition) is 0. The third kappa shape index (κ3) is 3.42. The summed E-state index contributed by atoms with van der Waals surface area (Å²) in [7, 11) is 2.17. The van der Waals surface area contributed by atoms with E-state index in [0.717, 1.165) is 0 Å². The molecule has 0 rings (SSSR count). The summed E-state index contributed by atoms with van der Waals surface area (Å²) in [6.45, 7) is 1.79. The Bertz CT molecular complexity index is 103. The zero-order valence-electron chi connectivity index (χ0n) is 4.13. The summed E-state index contributed by atoms with van der Waals surface area (Å²) in [6.07, 6.45) is 1.57. The standard InChI is InChI=1S/C4H7N2P/c1-4(2-5)3-6-7/h3-4H,7H2,1H3. The molecule has 0 aromatic rings. The fourth-order valence-corrected chi connectivity index (χ4v) is 0.421. The van der Waals surface area contributed by atoms with Crippen molar-refractivity contribution in [3.63, 3.8) is 0 Å². The fourth-order valence-electron chi connectivity index (χ4n) is 0.162. The zero-order chi connectivity index (χ0) is 5.70. The van der Waals surface area contributed by atoms with E-state index in [2.05, 4.69) is 14.2 Å². The SMILES string of the molecule is CC(C#N)C=NP. The smallest absolute Gasteiger partial charge is 0.0786 e. The van der Waals surface area contributed by atoms with Gasteiger partial charge in [0.05, 0.1) is 12.0 Å². The van der Waals surface area contributed by atoms with E-state index in [0.29, 0.717) is 0 Å². The second-order valence-corrected chi connectivity index (χ2v) is 1.51. The maximum atomic E-state index is 8.12. The fraction of sp³-hybridized carbons (Fsp3) is 0.500. The molecule has 0 amide bonds. The molecular weight excluding hydrogens is 107 g/mol. The Balaban J connectivity index is 3.42. The first-order valence-electron chi connectivity index (χ1n) is 1.94. The van der Waals surface area contributed by atoms with E-state index in [1.807, 2.05) is 6.07 Å². The van der Waals surface area contributed by atoms with Crippen LogP contribution in [0, 0.1) is 17.2 Å². The Kier molecular flexibility index (Phi) is 3.55. The minimum absolute atomic E-state index is 0.0579. The van der Waals surface area contributed by atoms with Crippen molar-refractivity contribution < 1.29 is 0 Å². The van der Waals surface area contributed by atoms with Crippen LogP contribution in [0.3, 0.4) is 0 Å². The minimum Gasteiger partial charge on any atom is -0.279 e. The maximum absolute atomic E-state index is 8.12. The van der Waals surface area contributed by atoms with Crippen molar-refractivity contribution in [1.82, 2.24) is 0 Å². The summed E-state index contributed by atoms with van der Waals surface area (Å²) in [5, 5.41) is 8.12. The molecule has 0 aromatic heterocycles. The van der Waals surface area contributed by atoms with E-state index >= 15 is 0 Å². The van der Waals surface area contributed by atoms with Crippen LogP contribution in [0.15, 0.2) is 4.76 Å². The third-order valence-corrected chi connectivity index (χ3v) is 0.685. The molecule has 0 bridgehead atoms. The first kappa shape index (κ1) is 6.59. The Morgan fingerprint density at radius 1 is 2.00 bits per heavy atom. The van der Waals surface area contributed by atoms with Crippen molar-refractivity contribution in [3.8, 4) is 6.07 Å². The summed E-state index contributed by atoms with van der Waals surface area (Å²) in [4.78, 5) is 0. The summed E-state index contributed by atoms with van der Waals surface area (Å²) in [5.41, 5.74) is 0. The van der Waals surface area contributed by atoms with E-state index in [1.165, 1.54) is 0 Å². The maximum Gasteiger partial charge on any atom is 0.0786 e. The van der Waals surface area contributed by atoms with Crippen LogP contribution < -0.4 is 0 Å². The van der Waals surface area contributed by atoms with Crippen molar-refractivity contribution in [2.45, 2.75) is 6.92 Å². The highest BCUT2D eigenvalue weighted by Gasteiger charge is 1.87. The Morgan fingerprint density at radius 2 is 2.57 bits per heavy atom. The van der Waals surface area contributed by atoms with E-state index in [9.17, 15) is 0 Å². The van der Waals surface area contributed by atoms with Crippen LogP contribution in [0.5, 0.6) is 0 Å². The predicted molar refractivity (Wildman–Crippen MR) is 33.0 cm³/mol. The Hall–Kier alpha value is -0.410. The van der Waals surface area contributed by atoms with E-state index < -0.39 is 0 Å². The van der Waals surface area contributed by atoms with Crippen LogP contribution in [-0.4, -0.2) is 6.21 Å². The molecule has 0 N–H and O–H groups in total. The van der Waals surface area contributed by atoms with Gasteiger partial charge in [-0.1, -0.05) is 0 Å². The lowest BCUT2D eigenvalue weighted by Crippen LogP contribution is -1.86. The zero-order valence-corrected chi connectivity index (χ0v) is 5.28. The molecule has 0 saturated carbocycles. The molecule has 0 saturated heterocycles. The molecular formula is C4H7N2P. The molecule has 0 aliphatic carbocycles. The molecule has 0 spiro atoms. The molecule has 3 heteroatoms. The van der Waals surface area contributed by atoms with Gasteiger partial charge in [-0.25, -0.2) is 0 Å². The Morgan fingerprint density at radius 3 is 2.71 bits per heavy atom. The molecule has 0 aliphatic heterocycles. The highest BCUT2D eigenvalue weighted by atomic mass is 31.0. The van der Waals surface area contributed by atoms with Gasteiger partial charge in [-0.2, -0.15) is 5.26 Å². The molecule has 0 fully saturated rings. The average molecular weight is 114 g/mol. The normalized spacial score (nSPS) is 13.9. The lowest BCUT2D eigenvalue weighted by molar-refractivity contribution is 1.04. The number of rotatable bonds is 1. The van der Waals surface area contributed by atoms with Gasteiger partial charge in [-0.3, -0.25) is 4.76 Å². The van der Waals surface area contributed by atoms with Gasteiger partial charge in [0.1, 0.15) is 0 Å². The van der Waals surface area contributed by atoms with E-state index in [4.69, 9.17) is 5.26 Å². The van der Waals surface area contributed by atoms with Crippen molar-refractivity contribution in [2.75, 3.05) is 0 Å². The Labute approximate surface area is 45.5 Å². The van der Waals surface area contributed by atoms with Crippen LogP contribution in [0.2, 0.25) is 0 Å². The van der Waals surface area contributed by atoms with Crippen LogP contribution in [-0.2, 0) is 0 Å². The van der Waals surface area contributed by atoms with Gasteiger partial charge in [-0.15, -0.1) is 0 Å². The summed E-state index contributed by atoms with van der Waals surface area (Å²) >= 11 is 0. The summed E-state index contributed by atoms with van der Waals surface area (Å²) in [5.74, 6) is -0.0579. The van der Waals surface area contributed by atoms with E-state index in [1.54, 1.807) is 13.1 Å². The number of nitriles is 1. The van der Waals surface area contributed by atoms with Gasteiger partial charge in [0.25, 0.3) is 0 Å². The third-order valence-electron chi connectivity index (χ3n) is 0.513. The molecule has 0 aliphatic rings. The second kappa shape index (κ2) is 3.77. The van der Waals surface area contributed by atoms with Gasteiger partial charge in [0.2, 0.25) is 0 Å². The second-order valence-electron chi connectivity index (χ2n) is 1.22. The predicted octanol–water partition coefficient (Wildman–Crippen LogP) is 1.01. The molecule has 0 heterocycles. The lowest BCUT2D eigenvalue weighted by Gasteiger charge is -1.82. The van der Waals surface area contributed by atoms with Crippen molar-refractivity contribution in [1.29, 1.82) is 5.26 Å². The minimum atomic E-state index is -0.0579. The van der Waals surface area contributed by atoms with Crippen LogP contribution >= 0.6 is 9.39 Å². The first-order chi connectivity index (χ1) is 3.31. The van der Waals surface area contributed by atoms with Gasteiger partial charge in [0.15, 0.2) is 0 Å². The molecule has 2 unspecified atom stereocenters. The molecule has 2 nitrogen and oxygen atoms in total. The first-order valence-corrected chi connectivity index (χ1v) is 2.46. The van der Waals surface area contributed by atoms with Gasteiger partial charge >= 0.3 is 0 Å². The van der Waals surface area contributed by atoms with Crippen LogP contribution in [0.4, 0.5) is 0 Å². The van der Waals surface area contributed by atoms with Crippen LogP contribution in [0.1, 0.15) is 6.92 Å². The summed E-state index contributed by atoms with van der Waals surface area (Å²) < 4.78 is 3.58. The highest BCUT2D eigenvalue weighted by molar-refractivity contribution is 7.14. The number of nitrogens with zero attached hydrogens (tertiary/aromatic N) is 2. The molecule has 7 heavy (non-hydrogen) atoms. The lowest BCUT2D eigenvalue weighted by atomic mass is 10.2. The van der Waals surface area contributed by atoms with E-state index in [-0.39, 0.29) is 5.92 Å². The van der Waals surface area contributed by atoms with Crippen molar-refractivity contribution in [2.24, 2.45) is 10.7 Å². The molecule has 38 valence electrons. The molecule has 0 radical (unpaired) electrons. The van der Waals surface area contributed by atoms with Crippen LogP contribution in [0.25, 0.3) is 0 Å².